The third-order valence-corrected chi connectivity index (χ3v) is 4.74. The van der Waals surface area contributed by atoms with Crippen LogP contribution in [0.4, 0.5) is 8.78 Å². The highest BCUT2D eigenvalue weighted by atomic mass is 32.1. The molecule has 116 valence electrons. The minimum absolute atomic E-state index is 0.151. The summed E-state index contributed by atoms with van der Waals surface area (Å²) in [5, 5.41) is 2.62. The van der Waals surface area contributed by atoms with Crippen molar-refractivity contribution in [1.29, 1.82) is 0 Å². The number of nitrogens with one attached hydrogen (secondary N) is 1. The Morgan fingerprint density at radius 2 is 2.23 bits per heavy atom. The van der Waals surface area contributed by atoms with Crippen LogP contribution in [-0.2, 0) is 4.79 Å². The number of carbonyl (C=O) groups is 1. The number of alkyl halides is 2. The Labute approximate surface area is 128 Å². The van der Waals surface area contributed by atoms with E-state index >= 15 is 0 Å². The molecule has 0 bridgehead atoms. The summed E-state index contributed by atoms with van der Waals surface area (Å²) in [5.74, 6) is 0.0111. The van der Waals surface area contributed by atoms with E-state index in [0.29, 0.717) is 24.4 Å². The molecule has 0 spiro atoms. The summed E-state index contributed by atoms with van der Waals surface area (Å²) in [7, 11) is 0. The van der Waals surface area contributed by atoms with Gasteiger partial charge in [0.05, 0.1) is 10.4 Å². The van der Waals surface area contributed by atoms with Crippen LogP contribution in [-0.4, -0.2) is 15.5 Å². The second-order valence-electron chi connectivity index (χ2n) is 5.15. The van der Waals surface area contributed by atoms with Crippen molar-refractivity contribution in [2.75, 3.05) is 0 Å². The van der Waals surface area contributed by atoms with Crippen LogP contribution in [0.5, 0.6) is 0 Å². The highest BCUT2D eigenvalue weighted by molar-refractivity contribution is 7.19. The van der Waals surface area contributed by atoms with Crippen molar-refractivity contribution in [3.63, 3.8) is 0 Å². The fourth-order valence-corrected chi connectivity index (χ4v) is 3.49. The van der Waals surface area contributed by atoms with Crippen LogP contribution < -0.4 is 10.9 Å². The van der Waals surface area contributed by atoms with Gasteiger partial charge >= 0.3 is 0 Å². The standard InChI is InChI=1S/C14H13F2N3O2S/c1-6-3-4-9(13(20)17-6)19-7(2)18-8-5-10(12(15)16)22-11(8)14(19)21/h5,9,12H,1,3-4H2,2H3,(H,17,20). The lowest BCUT2D eigenvalue weighted by atomic mass is 10.0. The summed E-state index contributed by atoms with van der Waals surface area (Å²) in [6.45, 7) is 5.29. The van der Waals surface area contributed by atoms with Crippen LogP contribution in [0.1, 0.15) is 36.0 Å². The van der Waals surface area contributed by atoms with Crippen LogP contribution >= 0.6 is 11.3 Å². The highest BCUT2D eigenvalue weighted by Crippen LogP contribution is 2.31. The topological polar surface area (TPSA) is 64.0 Å². The molecule has 2 aromatic heterocycles. The number of aryl methyl sites for hydroxylation is 1. The van der Waals surface area contributed by atoms with Gasteiger partial charge in [-0.05, 0) is 25.8 Å². The maximum absolute atomic E-state index is 12.8. The van der Waals surface area contributed by atoms with E-state index < -0.39 is 18.0 Å². The van der Waals surface area contributed by atoms with Gasteiger partial charge in [0.25, 0.3) is 12.0 Å². The van der Waals surface area contributed by atoms with Crippen molar-refractivity contribution in [3.05, 3.63) is 39.4 Å². The van der Waals surface area contributed by atoms with Crippen LogP contribution in [0.15, 0.2) is 23.1 Å². The van der Waals surface area contributed by atoms with E-state index in [0.717, 1.165) is 11.3 Å². The first-order chi connectivity index (χ1) is 10.4. The van der Waals surface area contributed by atoms with Gasteiger partial charge in [0, 0.05) is 5.70 Å². The molecular weight excluding hydrogens is 312 g/mol. The first-order valence-electron chi connectivity index (χ1n) is 6.68. The van der Waals surface area contributed by atoms with Gasteiger partial charge in [0.1, 0.15) is 16.6 Å². The second-order valence-corrected chi connectivity index (χ2v) is 6.23. The Bertz CT molecular complexity index is 840. The van der Waals surface area contributed by atoms with Crippen molar-refractivity contribution in [2.45, 2.75) is 32.2 Å². The van der Waals surface area contributed by atoms with Gasteiger partial charge in [-0.1, -0.05) is 6.58 Å². The van der Waals surface area contributed by atoms with Gasteiger partial charge < -0.3 is 5.32 Å². The minimum atomic E-state index is -2.64. The molecule has 1 unspecified atom stereocenters. The van der Waals surface area contributed by atoms with Crippen molar-refractivity contribution in [3.8, 4) is 0 Å². The van der Waals surface area contributed by atoms with Crippen LogP contribution in [0.2, 0.25) is 0 Å². The van der Waals surface area contributed by atoms with Crippen molar-refractivity contribution in [2.24, 2.45) is 0 Å². The third kappa shape index (κ3) is 2.33. The van der Waals surface area contributed by atoms with Crippen LogP contribution in [0, 0.1) is 6.92 Å². The predicted octanol–water partition coefficient (Wildman–Crippen LogP) is 2.67. The number of carbonyl (C=O) groups excluding carboxylic acids is 1. The first-order valence-corrected chi connectivity index (χ1v) is 7.49. The van der Waals surface area contributed by atoms with Gasteiger partial charge in [0.15, 0.2) is 0 Å². The average molecular weight is 325 g/mol. The summed E-state index contributed by atoms with van der Waals surface area (Å²) in [6.07, 6.45) is -1.65. The molecule has 8 heteroatoms. The largest absolute Gasteiger partial charge is 0.329 e. The van der Waals surface area contributed by atoms with E-state index in [-0.39, 0.29) is 21.0 Å². The fourth-order valence-electron chi connectivity index (χ4n) is 2.60. The van der Waals surface area contributed by atoms with E-state index in [9.17, 15) is 18.4 Å². The summed E-state index contributed by atoms with van der Waals surface area (Å²) in [5.41, 5.74) is 0.406. The van der Waals surface area contributed by atoms with E-state index in [1.165, 1.54) is 10.6 Å². The smallest absolute Gasteiger partial charge is 0.272 e. The summed E-state index contributed by atoms with van der Waals surface area (Å²) in [4.78, 5) is 28.7. The Morgan fingerprint density at radius 1 is 1.50 bits per heavy atom. The van der Waals surface area contributed by atoms with Crippen molar-refractivity contribution >= 4 is 27.5 Å². The summed E-state index contributed by atoms with van der Waals surface area (Å²) in [6, 6.07) is 0.540. The van der Waals surface area contributed by atoms with E-state index in [1.54, 1.807) is 6.92 Å². The normalized spacial score (nSPS) is 19.0. The molecule has 1 aliphatic heterocycles. The molecule has 0 aromatic carbocycles. The fraction of sp³-hybridized carbons (Fsp3) is 0.357. The molecule has 3 rings (SSSR count). The molecule has 0 radical (unpaired) electrons. The van der Waals surface area contributed by atoms with Gasteiger partial charge in [-0.3, -0.25) is 14.2 Å². The maximum Gasteiger partial charge on any atom is 0.272 e. The molecule has 1 amide bonds. The Hall–Kier alpha value is -2.09. The molecular formula is C14H13F2N3O2S. The number of amides is 1. The molecule has 1 N–H and O–H groups in total. The number of nitrogens with zero attached hydrogens (tertiary/aromatic N) is 2. The predicted molar refractivity (Wildman–Crippen MR) is 79.1 cm³/mol. The van der Waals surface area contributed by atoms with Gasteiger partial charge in [-0.2, -0.15) is 0 Å². The zero-order valence-electron chi connectivity index (χ0n) is 11.7. The molecule has 1 fully saturated rings. The Morgan fingerprint density at radius 3 is 2.86 bits per heavy atom. The van der Waals surface area contributed by atoms with Gasteiger partial charge in [-0.25, -0.2) is 13.8 Å². The van der Waals surface area contributed by atoms with Crippen molar-refractivity contribution < 1.29 is 13.6 Å². The molecule has 0 aliphatic carbocycles. The quantitative estimate of drug-likeness (QED) is 0.923. The maximum atomic E-state index is 12.8. The van der Waals surface area contributed by atoms with E-state index in [1.807, 2.05) is 0 Å². The number of thiophene rings is 1. The number of allylic oxidation sites excluding steroid dienone is 1. The van der Waals surface area contributed by atoms with Gasteiger partial charge in [-0.15, -0.1) is 11.3 Å². The molecule has 1 atom stereocenters. The van der Waals surface area contributed by atoms with Crippen LogP contribution in [0.3, 0.4) is 0 Å². The molecule has 1 aliphatic rings. The lowest BCUT2D eigenvalue weighted by Gasteiger charge is -2.26. The van der Waals surface area contributed by atoms with Gasteiger partial charge in [0.2, 0.25) is 5.91 Å². The SMILES string of the molecule is C=C1CCC(n2c(C)nc3cc(C(F)F)sc3c2=O)C(=O)N1. The highest BCUT2D eigenvalue weighted by Gasteiger charge is 2.29. The number of hydrogen-bond acceptors (Lipinski definition) is 4. The zero-order chi connectivity index (χ0) is 16.0. The molecule has 22 heavy (non-hydrogen) atoms. The second kappa shape index (κ2) is 5.28. The summed E-state index contributed by atoms with van der Waals surface area (Å²) < 4.78 is 27.0. The number of aromatic nitrogens is 2. The number of halogens is 2. The van der Waals surface area contributed by atoms with Crippen LogP contribution in [0.25, 0.3) is 10.2 Å². The number of rotatable bonds is 2. The molecule has 0 saturated carbocycles. The molecule has 3 heterocycles. The lowest BCUT2D eigenvalue weighted by molar-refractivity contribution is -0.124. The molecule has 2 aromatic rings. The zero-order valence-corrected chi connectivity index (χ0v) is 12.5. The minimum Gasteiger partial charge on any atom is -0.329 e. The number of hydrogen-bond donors (Lipinski definition) is 1. The summed E-state index contributed by atoms with van der Waals surface area (Å²) >= 11 is 0.726. The average Bonchev–Trinajstić information content (AvgIpc) is 2.85. The first kappa shape index (κ1) is 14.8. The number of fused-ring (bicyclic) bond motifs is 1. The van der Waals surface area contributed by atoms with E-state index in [2.05, 4.69) is 16.9 Å². The van der Waals surface area contributed by atoms with E-state index in [4.69, 9.17) is 0 Å². The monoisotopic (exact) mass is 325 g/mol. The number of piperidine rings is 1. The third-order valence-electron chi connectivity index (χ3n) is 3.62. The Balaban J connectivity index is 2.16. The molecule has 1 saturated heterocycles. The molecule has 5 nitrogen and oxygen atoms in total. The van der Waals surface area contributed by atoms with Crippen molar-refractivity contribution in [1.82, 2.24) is 14.9 Å². The Kier molecular flexibility index (Phi) is 3.56. The lowest BCUT2D eigenvalue weighted by Crippen LogP contribution is -2.41.